The van der Waals surface area contributed by atoms with Gasteiger partial charge in [0.25, 0.3) is 0 Å². The van der Waals surface area contributed by atoms with Crippen LogP contribution in [0.4, 0.5) is 4.39 Å². The molecule has 0 radical (unpaired) electrons. The first-order valence-corrected chi connectivity index (χ1v) is 12.3. The van der Waals surface area contributed by atoms with Gasteiger partial charge in [0, 0.05) is 15.6 Å². The second-order valence-corrected chi connectivity index (χ2v) is 10.5. The van der Waals surface area contributed by atoms with E-state index in [4.69, 9.17) is 4.74 Å². The Morgan fingerprint density at radius 3 is 2.39 bits per heavy atom. The number of nitrogens with zero attached hydrogens (tertiary/aromatic N) is 1. The van der Waals surface area contributed by atoms with Gasteiger partial charge < -0.3 is 9.64 Å². The van der Waals surface area contributed by atoms with Crippen LogP contribution < -0.4 is 0 Å². The van der Waals surface area contributed by atoms with Gasteiger partial charge in [0.05, 0.1) is 12.7 Å². The Morgan fingerprint density at radius 1 is 0.970 bits per heavy atom. The van der Waals surface area contributed by atoms with Crippen molar-refractivity contribution in [1.82, 2.24) is 4.90 Å². The first-order chi connectivity index (χ1) is 15.8. The van der Waals surface area contributed by atoms with E-state index in [0.29, 0.717) is 6.61 Å². The summed E-state index contributed by atoms with van der Waals surface area (Å²) in [5, 5.41) is 1.35. The van der Waals surface area contributed by atoms with Crippen LogP contribution in [0.1, 0.15) is 46.8 Å². The molecular formula is C29H30FNOS. The predicted molar refractivity (Wildman–Crippen MR) is 137 cm³/mol. The SMILES string of the molecule is Cc1ccc(C)c2sc(-c3ccc4c(c3)COC4C(C(C)c3ccc(F)cc3)N(C)C)cc12. The molecule has 1 aliphatic rings. The molecule has 2 nitrogen and oxygen atoms in total. The van der Waals surface area contributed by atoms with Gasteiger partial charge >= 0.3 is 0 Å². The maximum absolute atomic E-state index is 13.5. The molecule has 2 heterocycles. The van der Waals surface area contributed by atoms with Crippen LogP contribution in [0.3, 0.4) is 0 Å². The van der Waals surface area contributed by atoms with Crippen LogP contribution in [0.5, 0.6) is 0 Å². The van der Waals surface area contributed by atoms with Crippen molar-refractivity contribution < 1.29 is 9.13 Å². The molecule has 0 aliphatic carbocycles. The molecule has 170 valence electrons. The standard InChI is InChI=1S/C29H30FNOS/c1-17-6-7-18(2)29-25(17)15-26(33-29)21-10-13-24-22(14-21)16-32-28(24)27(31(4)5)19(3)20-8-11-23(30)12-9-20/h6-15,19,27-28H,16H2,1-5H3. The van der Waals surface area contributed by atoms with Gasteiger partial charge in [0.2, 0.25) is 0 Å². The number of thiophene rings is 1. The molecule has 0 saturated heterocycles. The molecule has 3 atom stereocenters. The molecule has 3 aromatic carbocycles. The molecule has 1 aromatic heterocycles. The average Bonchev–Trinajstić information content (AvgIpc) is 3.42. The van der Waals surface area contributed by atoms with E-state index in [0.717, 1.165) is 5.56 Å². The lowest BCUT2D eigenvalue weighted by molar-refractivity contribution is -0.0000190. The van der Waals surface area contributed by atoms with Crippen LogP contribution in [-0.4, -0.2) is 25.0 Å². The Hall–Kier alpha value is -2.53. The van der Waals surface area contributed by atoms with Crippen molar-refractivity contribution in [3.8, 4) is 10.4 Å². The lowest BCUT2D eigenvalue weighted by Gasteiger charge is -2.35. The summed E-state index contributed by atoms with van der Waals surface area (Å²) in [5.41, 5.74) is 7.57. The third-order valence-electron chi connectivity index (χ3n) is 7.07. The fourth-order valence-electron chi connectivity index (χ4n) is 5.19. The minimum absolute atomic E-state index is 0.0176. The van der Waals surface area contributed by atoms with Gasteiger partial charge in [-0.25, -0.2) is 4.39 Å². The number of rotatable bonds is 5. The fraction of sp³-hybridized carbons (Fsp3) is 0.310. The van der Waals surface area contributed by atoms with Crippen LogP contribution >= 0.6 is 11.3 Å². The number of hydrogen-bond donors (Lipinski definition) is 0. The second kappa shape index (κ2) is 8.68. The topological polar surface area (TPSA) is 12.5 Å². The van der Waals surface area contributed by atoms with Crippen LogP contribution in [-0.2, 0) is 11.3 Å². The van der Waals surface area contributed by atoms with Gasteiger partial charge in [0.15, 0.2) is 0 Å². The Bertz CT molecular complexity index is 1270. The molecule has 4 heteroatoms. The maximum Gasteiger partial charge on any atom is 0.123 e. The minimum atomic E-state index is -0.200. The third kappa shape index (κ3) is 4.01. The Morgan fingerprint density at radius 2 is 1.70 bits per heavy atom. The highest BCUT2D eigenvalue weighted by atomic mass is 32.1. The van der Waals surface area contributed by atoms with Crippen LogP contribution in [0.15, 0.2) is 60.7 Å². The van der Waals surface area contributed by atoms with E-state index in [2.05, 4.69) is 76.2 Å². The number of benzene rings is 3. The maximum atomic E-state index is 13.5. The van der Waals surface area contributed by atoms with Crippen LogP contribution in [0.2, 0.25) is 0 Å². The summed E-state index contributed by atoms with van der Waals surface area (Å²) in [6.45, 7) is 7.20. The number of aryl methyl sites for hydroxylation is 2. The Balaban J connectivity index is 1.48. The second-order valence-electron chi connectivity index (χ2n) is 9.49. The molecule has 0 bridgehead atoms. The van der Waals surface area contributed by atoms with Crippen molar-refractivity contribution in [3.05, 3.63) is 94.3 Å². The summed E-state index contributed by atoms with van der Waals surface area (Å²) in [6, 6.07) is 20.6. The molecule has 0 spiro atoms. The monoisotopic (exact) mass is 459 g/mol. The zero-order chi connectivity index (χ0) is 23.3. The molecule has 5 rings (SSSR count). The highest BCUT2D eigenvalue weighted by molar-refractivity contribution is 7.22. The van der Waals surface area contributed by atoms with E-state index in [1.165, 1.54) is 42.8 Å². The molecule has 0 fully saturated rings. The summed E-state index contributed by atoms with van der Waals surface area (Å²) in [4.78, 5) is 3.54. The normalized spacial score (nSPS) is 17.5. The summed E-state index contributed by atoms with van der Waals surface area (Å²) in [5.74, 6) is -0.00116. The van der Waals surface area contributed by atoms with Crippen molar-refractivity contribution in [3.63, 3.8) is 0 Å². The van der Waals surface area contributed by atoms with Crippen LogP contribution in [0.25, 0.3) is 20.5 Å². The van der Waals surface area contributed by atoms with E-state index >= 15 is 0 Å². The highest BCUT2D eigenvalue weighted by Crippen LogP contribution is 2.43. The van der Waals surface area contributed by atoms with E-state index in [1.807, 2.05) is 23.5 Å². The number of fused-ring (bicyclic) bond motifs is 2. The molecule has 1 aliphatic heterocycles. The molecule has 0 N–H and O–H groups in total. The predicted octanol–water partition coefficient (Wildman–Crippen LogP) is 7.63. The summed E-state index contributed by atoms with van der Waals surface area (Å²) in [7, 11) is 4.20. The van der Waals surface area contributed by atoms with E-state index in [1.54, 1.807) is 12.1 Å². The van der Waals surface area contributed by atoms with Gasteiger partial charge in [-0.2, -0.15) is 0 Å². The molecule has 33 heavy (non-hydrogen) atoms. The number of hydrogen-bond acceptors (Lipinski definition) is 3. The molecule has 4 aromatic rings. The van der Waals surface area contributed by atoms with Crippen molar-refractivity contribution in [2.24, 2.45) is 0 Å². The van der Waals surface area contributed by atoms with E-state index < -0.39 is 0 Å². The molecule has 0 amide bonds. The average molecular weight is 460 g/mol. The van der Waals surface area contributed by atoms with Gasteiger partial charge in [-0.05, 0) is 96.9 Å². The Labute approximate surface area is 199 Å². The quantitative estimate of drug-likeness (QED) is 0.304. The van der Waals surface area contributed by atoms with Crippen molar-refractivity contribution >= 4 is 21.4 Å². The molecule has 3 unspecified atom stereocenters. The van der Waals surface area contributed by atoms with E-state index in [-0.39, 0.29) is 23.9 Å². The highest BCUT2D eigenvalue weighted by Gasteiger charge is 2.36. The Kier molecular flexibility index (Phi) is 5.86. The number of halogens is 1. The third-order valence-corrected chi connectivity index (χ3v) is 8.38. The smallest absolute Gasteiger partial charge is 0.123 e. The van der Waals surface area contributed by atoms with Gasteiger partial charge in [-0.15, -0.1) is 11.3 Å². The van der Waals surface area contributed by atoms with E-state index in [9.17, 15) is 4.39 Å². The largest absolute Gasteiger partial charge is 0.367 e. The van der Waals surface area contributed by atoms with Crippen molar-refractivity contribution in [2.75, 3.05) is 14.1 Å². The lowest BCUT2D eigenvalue weighted by Crippen LogP contribution is -2.38. The summed E-state index contributed by atoms with van der Waals surface area (Å²) < 4.78 is 21.2. The lowest BCUT2D eigenvalue weighted by atomic mass is 9.85. The number of likely N-dealkylation sites (N-methyl/N-ethyl adjacent to an activating group) is 1. The van der Waals surface area contributed by atoms with Gasteiger partial charge in [-0.3, -0.25) is 0 Å². The van der Waals surface area contributed by atoms with Crippen molar-refractivity contribution in [2.45, 2.75) is 45.4 Å². The van der Waals surface area contributed by atoms with Gasteiger partial charge in [-0.1, -0.05) is 43.3 Å². The zero-order valence-corrected chi connectivity index (χ0v) is 20.7. The fourth-order valence-corrected chi connectivity index (χ4v) is 6.39. The first-order valence-electron chi connectivity index (χ1n) is 11.5. The van der Waals surface area contributed by atoms with Gasteiger partial charge in [0.1, 0.15) is 5.82 Å². The molecule has 0 saturated carbocycles. The first kappa shape index (κ1) is 22.3. The zero-order valence-electron chi connectivity index (χ0n) is 19.9. The van der Waals surface area contributed by atoms with Crippen LogP contribution in [0, 0.1) is 19.7 Å². The summed E-state index contributed by atoms with van der Waals surface area (Å²) >= 11 is 1.87. The summed E-state index contributed by atoms with van der Waals surface area (Å²) in [6.07, 6.45) is -0.0176. The van der Waals surface area contributed by atoms with Crippen molar-refractivity contribution in [1.29, 1.82) is 0 Å². The number of ether oxygens (including phenoxy) is 1. The molecular weight excluding hydrogens is 429 g/mol. The minimum Gasteiger partial charge on any atom is -0.367 e.